The van der Waals surface area contributed by atoms with E-state index in [0.29, 0.717) is 17.8 Å². The summed E-state index contributed by atoms with van der Waals surface area (Å²) in [5, 5.41) is 5.79. The molecule has 126 valence electrons. The molecule has 3 N–H and O–H groups in total. The molecule has 0 aliphatic rings. The van der Waals surface area contributed by atoms with Crippen LogP contribution in [0.3, 0.4) is 0 Å². The maximum absolute atomic E-state index is 11.7. The van der Waals surface area contributed by atoms with Gasteiger partial charge in [-0.2, -0.15) is 0 Å². The Bertz CT molecular complexity index is 591. The summed E-state index contributed by atoms with van der Waals surface area (Å²) in [6.45, 7) is 4.17. The van der Waals surface area contributed by atoms with Crippen molar-refractivity contribution < 1.29 is 13.2 Å². The molecular weight excluding hydrogens is 326 g/mol. The van der Waals surface area contributed by atoms with Gasteiger partial charge in [0.25, 0.3) is 0 Å². The molecule has 0 aliphatic carbocycles. The minimum atomic E-state index is -3.29. The lowest BCUT2D eigenvalue weighted by Gasteiger charge is -2.11. The number of sulfonamides is 1. The van der Waals surface area contributed by atoms with Crippen LogP contribution >= 0.6 is 12.4 Å². The Morgan fingerprint density at radius 1 is 1.27 bits per heavy atom. The molecule has 0 atom stereocenters. The SMILES string of the molecule is CCS(=O)(=O)Nc1ccc(NC(=O)CCCNC)cc1C.Cl. The van der Waals surface area contributed by atoms with Gasteiger partial charge < -0.3 is 10.6 Å². The molecule has 22 heavy (non-hydrogen) atoms. The van der Waals surface area contributed by atoms with Crippen molar-refractivity contribution in [2.45, 2.75) is 26.7 Å². The molecule has 6 nitrogen and oxygen atoms in total. The van der Waals surface area contributed by atoms with Crippen molar-refractivity contribution in [3.63, 3.8) is 0 Å². The van der Waals surface area contributed by atoms with Gasteiger partial charge in [-0.1, -0.05) is 0 Å². The molecule has 0 radical (unpaired) electrons. The lowest BCUT2D eigenvalue weighted by atomic mass is 10.2. The molecule has 1 rings (SSSR count). The Balaban J connectivity index is 0.00000441. The number of carbonyl (C=O) groups is 1. The van der Waals surface area contributed by atoms with E-state index in [0.717, 1.165) is 18.5 Å². The van der Waals surface area contributed by atoms with E-state index in [4.69, 9.17) is 0 Å². The van der Waals surface area contributed by atoms with Crippen molar-refractivity contribution >= 4 is 39.7 Å². The summed E-state index contributed by atoms with van der Waals surface area (Å²) in [7, 11) is -1.45. The Morgan fingerprint density at radius 3 is 2.50 bits per heavy atom. The minimum absolute atomic E-state index is 0. The van der Waals surface area contributed by atoms with Crippen LogP contribution < -0.4 is 15.4 Å². The molecule has 0 heterocycles. The van der Waals surface area contributed by atoms with E-state index < -0.39 is 10.0 Å². The van der Waals surface area contributed by atoms with Crippen molar-refractivity contribution in [2.24, 2.45) is 0 Å². The number of anilines is 2. The highest BCUT2D eigenvalue weighted by Crippen LogP contribution is 2.21. The number of hydrogen-bond acceptors (Lipinski definition) is 4. The molecule has 1 aromatic carbocycles. The molecule has 1 aromatic rings. The third-order valence-corrected chi connectivity index (χ3v) is 4.28. The molecular formula is C14H24ClN3O3S. The highest BCUT2D eigenvalue weighted by Gasteiger charge is 2.10. The molecule has 0 fully saturated rings. The van der Waals surface area contributed by atoms with Gasteiger partial charge in [0.1, 0.15) is 0 Å². The van der Waals surface area contributed by atoms with Crippen molar-refractivity contribution in [3.8, 4) is 0 Å². The smallest absolute Gasteiger partial charge is 0.232 e. The van der Waals surface area contributed by atoms with Crippen LogP contribution in [0.15, 0.2) is 18.2 Å². The summed E-state index contributed by atoms with van der Waals surface area (Å²) >= 11 is 0. The van der Waals surface area contributed by atoms with Gasteiger partial charge in [-0.25, -0.2) is 8.42 Å². The number of rotatable bonds is 8. The summed E-state index contributed by atoms with van der Waals surface area (Å²) in [6.07, 6.45) is 1.22. The van der Waals surface area contributed by atoms with Gasteiger partial charge in [-0.15, -0.1) is 12.4 Å². The van der Waals surface area contributed by atoms with Crippen molar-refractivity contribution in [2.75, 3.05) is 29.4 Å². The summed E-state index contributed by atoms with van der Waals surface area (Å²) in [5.41, 5.74) is 1.96. The highest BCUT2D eigenvalue weighted by molar-refractivity contribution is 7.92. The molecule has 1 amide bonds. The van der Waals surface area contributed by atoms with Gasteiger partial charge in [-0.05, 0) is 57.6 Å². The molecule has 0 spiro atoms. The van der Waals surface area contributed by atoms with E-state index in [1.54, 1.807) is 32.0 Å². The van der Waals surface area contributed by atoms with Crippen molar-refractivity contribution in [3.05, 3.63) is 23.8 Å². The van der Waals surface area contributed by atoms with E-state index in [-0.39, 0.29) is 24.1 Å². The number of halogens is 1. The zero-order valence-electron chi connectivity index (χ0n) is 13.1. The Hall–Kier alpha value is -1.31. The van der Waals surface area contributed by atoms with Gasteiger partial charge in [0.15, 0.2) is 0 Å². The normalized spacial score (nSPS) is 10.7. The zero-order chi connectivity index (χ0) is 15.9. The predicted molar refractivity (Wildman–Crippen MR) is 93.3 cm³/mol. The second-order valence-corrected chi connectivity index (χ2v) is 6.80. The zero-order valence-corrected chi connectivity index (χ0v) is 14.7. The molecule has 0 unspecified atom stereocenters. The maximum Gasteiger partial charge on any atom is 0.232 e. The number of hydrogen-bond donors (Lipinski definition) is 3. The average Bonchev–Trinajstić information content (AvgIpc) is 2.42. The Morgan fingerprint density at radius 2 is 1.95 bits per heavy atom. The largest absolute Gasteiger partial charge is 0.326 e. The van der Waals surface area contributed by atoms with Gasteiger partial charge >= 0.3 is 0 Å². The van der Waals surface area contributed by atoms with Crippen molar-refractivity contribution in [1.29, 1.82) is 0 Å². The second kappa shape index (κ2) is 9.66. The lowest BCUT2D eigenvalue weighted by Crippen LogP contribution is -2.16. The quantitative estimate of drug-likeness (QED) is 0.627. The standard InChI is InChI=1S/C14H23N3O3S.ClH/c1-4-21(19,20)17-13-8-7-12(10-11(13)2)16-14(18)6-5-9-15-3;/h7-8,10,15,17H,4-6,9H2,1-3H3,(H,16,18);1H. The third kappa shape index (κ3) is 7.11. The second-order valence-electron chi connectivity index (χ2n) is 4.79. The van der Waals surface area contributed by atoms with Crippen LogP contribution in [0.1, 0.15) is 25.3 Å². The third-order valence-electron chi connectivity index (χ3n) is 2.99. The fraction of sp³-hybridized carbons (Fsp3) is 0.500. The molecule has 0 saturated heterocycles. The number of carbonyl (C=O) groups excluding carboxylic acids is 1. The van der Waals surface area contributed by atoms with Crippen LogP contribution in [0.2, 0.25) is 0 Å². The van der Waals surface area contributed by atoms with E-state index in [1.165, 1.54) is 0 Å². The maximum atomic E-state index is 11.7. The van der Waals surface area contributed by atoms with Crippen molar-refractivity contribution in [1.82, 2.24) is 5.32 Å². The van der Waals surface area contributed by atoms with E-state index in [9.17, 15) is 13.2 Å². The van der Waals surface area contributed by atoms with Gasteiger partial charge in [0.2, 0.25) is 15.9 Å². The topological polar surface area (TPSA) is 87.3 Å². The van der Waals surface area contributed by atoms with Crippen LogP contribution in [-0.4, -0.2) is 33.7 Å². The molecule has 0 bridgehead atoms. The van der Waals surface area contributed by atoms with Crippen LogP contribution in [-0.2, 0) is 14.8 Å². The number of amides is 1. The minimum Gasteiger partial charge on any atom is -0.326 e. The Kier molecular flexibility index (Phi) is 9.08. The monoisotopic (exact) mass is 349 g/mol. The number of benzene rings is 1. The highest BCUT2D eigenvalue weighted by atomic mass is 35.5. The summed E-state index contributed by atoms with van der Waals surface area (Å²) < 4.78 is 25.6. The summed E-state index contributed by atoms with van der Waals surface area (Å²) in [6, 6.07) is 5.10. The lowest BCUT2D eigenvalue weighted by molar-refractivity contribution is -0.116. The molecule has 0 aliphatic heterocycles. The van der Waals surface area contributed by atoms with E-state index in [2.05, 4.69) is 15.4 Å². The van der Waals surface area contributed by atoms with Crippen LogP contribution in [0.25, 0.3) is 0 Å². The fourth-order valence-electron chi connectivity index (χ4n) is 1.74. The fourth-order valence-corrected chi connectivity index (χ4v) is 2.45. The Labute approximate surface area is 138 Å². The average molecular weight is 350 g/mol. The molecule has 0 aromatic heterocycles. The summed E-state index contributed by atoms with van der Waals surface area (Å²) in [4.78, 5) is 11.7. The van der Waals surface area contributed by atoms with Gasteiger partial charge in [0, 0.05) is 12.1 Å². The predicted octanol–water partition coefficient (Wildman–Crippen LogP) is 2.12. The number of aryl methyl sites for hydroxylation is 1. The van der Waals surface area contributed by atoms with Crippen LogP contribution in [0.4, 0.5) is 11.4 Å². The molecule has 8 heteroatoms. The van der Waals surface area contributed by atoms with Crippen LogP contribution in [0, 0.1) is 6.92 Å². The first-order chi connectivity index (χ1) is 9.88. The van der Waals surface area contributed by atoms with E-state index >= 15 is 0 Å². The van der Waals surface area contributed by atoms with Gasteiger partial charge in [-0.3, -0.25) is 9.52 Å². The van der Waals surface area contributed by atoms with Crippen LogP contribution in [0.5, 0.6) is 0 Å². The first kappa shape index (κ1) is 20.7. The van der Waals surface area contributed by atoms with E-state index in [1.807, 2.05) is 7.05 Å². The number of nitrogens with one attached hydrogen (secondary N) is 3. The first-order valence-corrected chi connectivity index (χ1v) is 8.58. The summed E-state index contributed by atoms with van der Waals surface area (Å²) in [5.74, 6) is -0.0253. The molecule has 0 saturated carbocycles. The van der Waals surface area contributed by atoms with Gasteiger partial charge in [0.05, 0.1) is 11.4 Å². The first-order valence-electron chi connectivity index (χ1n) is 6.93.